The molecule has 0 amide bonds. The second-order valence-electron chi connectivity index (χ2n) is 7.45. The van der Waals surface area contributed by atoms with E-state index < -0.39 is 27.5 Å². The fourth-order valence-corrected chi connectivity index (χ4v) is 5.14. The number of rotatable bonds is 6. The van der Waals surface area contributed by atoms with Crippen LogP contribution in [0, 0.1) is 0 Å². The molecule has 0 saturated carbocycles. The Morgan fingerprint density at radius 1 is 1.06 bits per heavy atom. The van der Waals surface area contributed by atoms with Crippen LogP contribution in [0.4, 0.5) is 0 Å². The van der Waals surface area contributed by atoms with Gasteiger partial charge in [-0.3, -0.25) is 4.79 Å². The molecule has 0 atom stereocenters. The first-order valence-corrected chi connectivity index (χ1v) is 11.6. The number of hydrogen-bond acceptors (Lipinski definition) is 8. The van der Waals surface area contributed by atoms with Crippen LogP contribution in [0.1, 0.15) is 39.4 Å². The number of hydrogen-bond donors (Lipinski definition) is 1. The van der Waals surface area contributed by atoms with E-state index in [9.17, 15) is 22.8 Å². The van der Waals surface area contributed by atoms with Crippen LogP contribution in [-0.4, -0.2) is 54.8 Å². The molecule has 33 heavy (non-hydrogen) atoms. The van der Waals surface area contributed by atoms with Crippen molar-refractivity contribution >= 4 is 32.9 Å². The summed E-state index contributed by atoms with van der Waals surface area (Å²) < 4.78 is 36.8. The predicted molar refractivity (Wildman–Crippen MR) is 117 cm³/mol. The molecule has 1 saturated heterocycles. The summed E-state index contributed by atoms with van der Waals surface area (Å²) in [5, 5.41) is 0.262. The molecule has 0 unspecified atom stereocenters. The average molecular weight is 471 g/mol. The van der Waals surface area contributed by atoms with E-state index in [0.717, 1.165) is 12.8 Å². The highest BCUT2D eigenvalue weighted by atomic mass is 32.2. The molecule has 0 spiro atoms. The van der Waals surface area contributed by atoms with Crippen LogP contribution in [0.15, 0.2) is 52.2 Å². The maximum absolute atomic E-state index is 12.7. The van der Waals surface area contributed by atoms with E-state index in [1.54, 1.807) is 0 Å². The van der Waals surface area contributed by atoms with E-state index in [0.29, 0.717) is 13.1 Å². The quantitative estimate of drug-likeness (QED) is 0.538. The summed E-state index contributed by atoms with van der Waals surface area (Å²) >= 11 is 0. The maximum atomic E-state index is 12.7. The number of fused-ring (bicyclic) bond motifs is 1. The van der Waals surface area contributed by atoms with Crippen molar-refractivity contribution in [2.75, 3.05) is 20.2 Å². The van der Waals surface area contributed by atoms with E-state index in [4.69, 9.17) is 4.74 Å². The molecule has 1 aliphatic heterocycles. The van der Waals surface area contributed by atoms with Gasteiger partial charge in [-0.15, -0.1) is 0 Å². The number of nitrogens with zero attached hydrogens (tertiary/aromatic N) is 2. The molecule has 0 aliphatic carbocycles. The third kappa shape index (κ3) is 4.64. The molecular weight excluding hydrogens is 450 g/mol. The van der Waals surface area contributed by atoms with Crippen molar-refractivity contribution in [3.05, 3.63) is 69.8 Å². The lowest BCUT2D eigenvalue weighted by atomic mass is 10.1. The van der Waals surface area contributed by atoms with Crippen LogP contribution in [0.2, 0.25) is 0 Å². The second kappa shape index (κ2) is 9.12. The highest BCUT2D eigenvalue weighted by Crippen LogP contribution is 2.22. The van der Waals surface area contributed by atoms with Crippen molar-refractivity contribution in [3.8, 4) is 0 Å². The number of aromatic amines is 1. The minimum atomic E-state index is -3.68. The smallest absolute Gasteiger partial charge is 0.338 e. The van der Waals surface area contributed by atoms with E-state index >= 15 is 0 Å². The van der Waals surface area contributed by atoms with E-state index in [1.165, 1.54) is 53.9 Å². The van der Waals surface area contributed by atoms with E-state index in [-0.39, 0.29) is 39.4 Å². The number of carbonyl (C=O) groups excluding carboxylic acids is 2. The van der Waals surface area contributed by atoms with Crippen molar-refractivity contribution in [1.29, 1.82) is 0 Å². The lowest BCUT2D eigenvalue weighted by Gasteiger charge is -2.15. The number of H-pyrrole nitrogens is 1. The van der Waals surface area contributed by atoms with Crippen molar-refractivity contribution in [2.24, 2.45) is 0 Å². The molecule has 1 fully saturated rings. The average Bonchev–Trinajstić information content (AvgIpc) is 3.38. The number of benzene rings is 2. The van der Waals surface area contributed by atoms with Crippen LogP contribution >= 0.6 is 0 Å². The number of aromatic nitrogens is 2. The number of esters is 2. The Labute approximate surface area is 189 Å². The molecule has 1 aromatic heterocycles. The third-order valence-electron chi connectivity index (χ3n) is 5.29. The lowest BCUT2D eigenvalue weighted by molar-refractivity contribution is 0.0461. The SMILES string of the molecule is COC(=O)c1ccc2c(=O)[nH]c(COC(=O)c3cccc(S(=O)(=O)N4CCCC4)c3)nc2c1. The number of ether oxygens (including phenoxy) is 2. The van der Waals surface area contributed by atoms with Crippen LogP contribution < -0.4 is 5.56 Å². The molecular formula is C22H21N3O7S. The Hall–Kier alpha value is -3.57. The number of carbonyl (C=O) groups is 2. The molecule has 1 aliphatic rings. The zero-order valence-corrected chi connectivity index (χ0v) is 18.6. The Balaban J connectivity index is 1.53. The topological polar surface area (TPSA) is 136 Å². The molecule has 172 valence electrons. The first kappa shape index (κ1) is 22.6. The van der Waals surface area contributed by atoms with Gasteiger partial charge < -0.3 is 14.5 Å². The summed E-state index contributed by atoms with van der Waals surface area (Å²) in [7, 11) is -2.43. The van der Waals surface area contributed by atoms with Gasteiger partial charge in [-0.25, -0.2) is 23.0 Å². The summed E-state index contributed by atoms with van der Waals surface area (Å²) in [4.78, 5) is 43.4. The van der Waals surface area contributed by atoms with Crippen molar-refractivity contribution in [1.82, 2.24) is 14.3 Å². The van der Waals surface area contributed by atoms with Crippen LogP contribution in [0.3, 0.4) is 0 Å². The Bertz CT molecular complexity index is 1390. The summed E-state index contributed by atoms with van der Waals surface area (Å²) in [5.41, 5.74) is 0.0704. The lowest BCUT2D eigenvalue weighted by Crippen LogP contribution is -2.28. The standard InChI is InChI=1S/C22H21N3O7S/c1-31-21(27)15-7-8-17-18(12-15)23-19(24-20(17)26)13-32-22(28)14-5-4-6-16(11-14)33(29,30)25-9-2-3-10-25/h4-8,11-12H,2-3,9-10,13H2,1H3,(H,23,24,26). The first-order chi connectivity index (χ1) is 15.8. The summed E-state index contributed by atoms with van der Waals surface area (Å²) in [6.45, 7) is 0.557. The summed E-state index contributed by atoms with van der Waals surface area (Å²) in [6, 6.07) is 9.95. The molecule has 2 aromatic carbocycles. The largest absolute Gasteiger partial charge is 0.465 e. The maximum Gasteiger partial charge on any atom is 0.338 e. The van der Waals surface area contributed by atoms with Crippen LogP contribution in [-0.2, 0) is 26.1 Å². The van der Waals surface area contributed by atoms with Crippen molar-refractivity contribution < 1.29 is 27.5 Å². The number of nitrogens with one attached hydrogen (secondary N) is 1. The summed E-state index contributed by atoms with van der Waals surface area (Å²) in [5.74, 6) is -1.26. The van der Waals surface area contributed by atoms with Gasteiger partial charge >= 0.3 is 11.9 Å². The molecule has 2 heterocycles. The minimum Gasteiger partial charge on any atom is -0.465 e. The zero-order chi connectivity index (χ0) is 23.6. The zero-order valence-electron chi connectivity index (χ0n) is 17.7. The first-order valence-electron chi connectivity index (χ1n) is 10.2. The van der Waals surface area contributed by atoms with Gasteiger partial charge in [0.1, 0.15) is 12.4 Å². The normalized spacial score (nSPS) is 14.3. The van der Waals surface area contributed by atoms with Gasteiger partial charge in [-0.2, -0.15) is 4.31 Å². The van der Waals surface area contributed by atoms with Gasteiger partial charge in [-0.05, 0) is 49.2 Å². The van der Waals surface area contributed by atoms with E-state index in [1.807, 2.05) is 0 Å². The van der Waals surface area contributed by atoms with Gasteiger partial charge in [0.05, 0.1) is 34.0 Å². The highest BCUT2D eigenvalue weighted by molar-refractivity contribution is 7.89. The van der Waals surface area contributed by atoms with Gasteiger partial charge in [0.25, 0.3) is 5.56 Å². The molecule has 1 N–H and O–H groups in total. The van der Waals surface area contributed by atoms with Crippen molar-refractivity contribution in [3.63, 3.8) is 0 Å². The third-order valence-corrected chi connectivity index (χ3v) is 7.18. The number of sulfonamides is 1. The van der Waals surface area contributed by atoms with Gasteiger partial charge in [0.15, 0.2) is 0 Å². The molecule has 10 nitrogen and oxygen atoms in total. The molecule has 11 heteroatoms. The Kier molecular flexibility index (Phi) is 6.25. The van der Waals surface area contributed by atoms with Gasteiger partial charge in [0.2, 0.25) is 10.0 Å². The number of methoxy groups -OCH3 is 1. The van der Waals surface area contributed by atoms with Crippen LogP contribution in [0.25, 0.3) is 10.9 Å². The molecule has 4 rings (SSSR count). The van der Waals surface area contributed by atoms with Gasteiger partial charge in [-0.1, -0.05) is 6.07 Å². The predicted octanol–water partition coefficient (Wildman–Crippen LogP) is 1.85. The van der Waals surface area contributed by atoms with Crippen molar-refractivity contribution in [2.45, 2.75) is 24.3 Å². The van der Waals surface area contributed by atoms with Gasteiger partial charge in [0, 0.05) is 13.1 Å². The molecule has 0 bridgehead atoms. The highest BCUT2D eigenvalue weighted by Gasteiger charge is 2.27. The molecule has 0 radical (unpaired) electrons. The fraction of sp³-hybridized carbons (Fsp3) is 0.273. The summed E-state index contributed by atoms with van der Waals surface area (Å²) in [6.07, 6.45) is 1.61. The monoisotopic (exact) mass is 471 g/mol. The van der Waals surface area contributed by atoms with Crippen LogP contribution in [0.5, 0.6) is 0 Å². The van der Waals surface area contributed by atoms with E-state index in [2.05, 4.69) is 14.7 Å². The Morgan fingerprint density at radius 2 is 1.79 bits per heavy atom. The minimum absolute atomic E-state index is 0.0198. The fourth-order valence-electron chi connectivity index (χ4n) is 3.58. The Morgan fingerprint density at radius 3 is 2.52 bits per heavy atom. The molecule has 3 aromatic rings. The second-order valence-corrected chi connectivity index (χ2v) is 9.39.